The van der Waals surface area contributed by atoms with E-state index in [2.05, 4.69) is 37.4 Å². The lowest BCUT2D eigenvalue weighted by molar-refractivity contribution is 0.251. The predicted octanol–water partition coefficient (Wildman–Crippen LogP) is 1.95. The van der Waals surface area contributed by atoms with Crippen molar-refractivity contribution < 1.29 is 5.11 Å². The zero-order valence-corrected chi connectivity index (χ0v) is 8.75. The molecule has 2 heteroatoms. The molecule has 76 valence electrons. The Kier molecular flexibility index (Phi) is 2.57. The molecule has 0 saturated carbocycles. The molecule has 0 fully saturated rings. The SMILES string of the molecule is CC(C)c1cccc2c1CNC2CO. The molecule has 0 spiro atoms. The van der Waals surface area contributed by atoms with Crippen LogP contribution >= 0.6 is 0 Å². The van der Waals surface area contributed by atoms with Crippen LogP contribution in [-0.4, -0.2) is 11.7 Å². The minimum atomic E-state index is 0.142. The van der Waals surface area contributed by atoms with Crippen molar-refractivity contribution in [2.75, 3.05) is 6.61 Å². The quantitative estimate of drug-likeness (QED) is 0.749. The number of hydrogen-bond acceptors (Lipinski definition) is 2. The summed E-state index contributed by atoms with van der Waals surface area (Å²) in [4.78, 5) is 0. The van der Waals surface area contributed by atoms with Gasteiger partial charge in [0.15, 0.2) is 0 Å². The monoisotopic (exact) mass is 191 g/mol. The lowest BCUT2D eigenvalue weighted by atomic mass is 9.93. The summed E-state index contributed by atoms with van der Waals surface area (Å²) in [5, 5.41) is 12.5. The Labute approximate surface area is 85.0 Å². The highest BCUT2D eigenvalue weighted by molar-refractivity contribution is 5.41. The number of rotatable bonds is 2. The molecule has 1 aliphatic heterocycles. The first-order valence-electron chi connectivity index (χ1n) is 5.20. The zero-order chi connectivity index (χ0) is 10.1. The topological polar surface area (TPSA) is 32.3 Å². The standard InChI is InChI=1S/C12H17NO/c1-8(2)9-4-3-5-10-11(9)6-13-12(10)7-14/h3-5,8,12-14H,6-7H2,1-2H3. The number of nitrogens with one attached hydrogen (secondary N) is 1. The van der Waals surface area contributed by atoms with E-state index in [-0.39, 0.29) is 12.6 Å². The van der Waals surface area contributed by atoms with Crippen molar-refractivity contribution in [1.82, 2.24) is 5.32 Å². The van der Waals surface area contributed by atoms with Crippen LogP contribution in [0.25, 0.3) is 0 Å². The zero-order valence-electron chi connectivity index (χ0n) is 8.75. The molecule has 1 aliphatic rings. The predicted molar refractivity (Wildman–Crippen MR) is 57.2 cm³/mol. The lowest BCUT2D eigenvalue weighted by Gasteiger charge is -2.12. The van der Waals surface area contributed by atoms with Crippen molar-refractivity contribution in [3.8, 4) is 0 Å². The maximum Gasteiger partial charge on any atom is 0.0626 e. The molecule has 0 aliphatic carbocycles. The van der Waals surface area contributed by atoms with Gasteiger partial charge < -0.3 is 10.4 Å². The minimum absolute atomic E-state index is 0.142. The van der Waals surface area contributed by atoms with Crippen molar-refractivity contribution in [2.24, 2.45) is 0 Å². The van der Waals surface area contributed by atoms with Crippen molar-refractivity contribution in [2.45, 2.75) is 32.4 Å². The molecule has 2 rings (SSSR count). The average Bonchev–Trinajstić information content (AvgIpc) is 2.59. The van der Waals surface area contributed by atoms with Crippen LogP contribution < -0.4 is 5.32 Å². The first-order chi connectivity index (χ1) is 6.74. The van der Waals surface area contributed by atoms with Gasteiger partial charge in [-0.1, -0.05) is 32.0 Å². The largest absolute Gasteiger partial charge is 0.394 e. The van der Waals surface area contributed by atoms with Gasteiger partial charge in [0.1, 0.15) is 0 Å². The Hall–Kier alpha value is -0.860. The Balaban J connectivity index is 2.44. The van der Waals surface area contributed by atoms with E-state index in [1.54, 1.807) is 0 Å². The van der Waals surface area contributed by atoms with Crippen molar-refractivity contribution >= 4 is 0 Å². The maximum absolute atomic E-state index is 9.18. The van der Waals surface area contributed by atoms with Crippen LogP contribution in [0.15, 0.2) is 18.2 Å². The fourth-order valence-corrected chi connectivity index (χ4v) is 2.19. The Bertz CT molecular complexity index is 333. The third kappa shape index (κ3) is 1.45. The van der Waals surface area contributed by atoms with E-state index in [9.17, 15) is 5.11 Å². The third-order valence-corrected chi connectivity index (χ3v) is 2.95. The minimum Gasteiger partial charge on any atom is -0.394 e. The molecule has 0 aromatic heterocycles. The second-order valence-corrected chi connectivity index (χ2v) is 4.19. The summed E-state index contributed by atoms with van der Waals surface area (Å²) in [6.45, 7) is 5.51. The summed E-state index contributed by atoms with van der Waals surface area (Å²) in [5.41, 5.74) is 4.08. The highest BCUT2D eigenvalue weighted by Gasteiger charge is 2.23. The normalized spacial score (nSPS) is 20.1. The Morgan fingerprint density at radius 1 is 1.50 bits per heavy atom. The van der Waals surface area contributed by atoms with E-state index >= 15 is 0 Å². The van der Waals surface area contributed by atoms with Crippen LogP contribution in [0.1, 0.15) is 42.5 Å². The van der Waals surface area contributed by atoms with Gasteiger partial charge in [-0.2, -0.15) is 0 Å². The van der Waals surface area contributed by atoms with Crippen LogP contribution in [-0.2, 0) is 6.54 Å². The summed E-state index contributed by atoms with van der Waals surface area (Å²) >= 11 is 0. The summed E-state index contributed by atoms with van der Waals surface area (Å²) in [6, 6.07) is 6.53. The van der Waals surface area contributed by atoms with E-state index in [1.165, 1.54) is 16.7 Å². The van der Waals surface area contributed by atoms with Crippen LogP contribution in [0.2, 0.25) is 0 Å². The summed E-state index contributed by atoms with van der Waals surface area (Å²) < 4.78 is 0. The number of benzene rings is 1. The Morgan fingerprint density at radius 2 is 2.29 bits per heavy atom. The van der Waals surface area contributed by atoms with Gasteiger partial charge >= 0.3 is 0 Å². The Morgan fingerprint density at radius 3 is 2.93 bits per heavy atom. The third-order valence-electron chi connectivity index (χ3n) is 2.95. The van der Waals surface area contributed by atoms with Gasteiger partial charge in [-0.3, -0.25) is 0 Å². The lowest BCUT2D eigenvalue weighted by Crippen LogP contribution is -2.15. The fraction of sp³-hybridized carbons (Fsp3) is 0.500. The molecule has 2 N–H and O–H groups in total. The number of hydrogen-bond donors (Lipinski definition) is 2. The molecule has 2 nitrogen and oxygen atoms in total. The molecule has 1 atom stereocenters. The fourth-order valence-electron chi connectivity index (χ4n) is 2.19. The van der Waals surface area contributed by atoms with Crippen molar-refractivity contribution in [1.29, 1.82) is 0 Å². The molecule has 0 radical (unpaired) electrons. The van der Waals surface area contributed by atoms with Gasteiger partial charge in [-0.25, -0.2) is 0 Å². The van der Waals surface area contributed by atoms with Gasteiger partial charge in [0.2, 0.25) is 0 Å². The van der Waals surface area contributed by atoms with Crippen LogP contribution in [0, 0.1) is 0 Å². The van der Waals surface area contributed by atoms with Gasteiger partial charge in [0, 0.05) is 6.54 Å². The molecule has 0 saturated heterocycles. The number of fused-ring (bicyclic) bond motifs is 1. The smallest absolute Gasteiger partial charge is 0.0626 e. The van der Waals surface area contributed by atoms with E-state index in [0.29, 0.717) is 5.92 Å². The van der Waals surface area contributed by atoms with Gasteiger partial charge in [0.05, 0.1) is 12.6 Å². The summed E-state index contributed by atoms with van der Waals surface area (Å²) in [6.07, 6.45) is 0. The molecule has 1 heterocycles. The number of aliphatic hydroxyl groups excluding tert-OH is 1. The van der Waals surface area contributed by atoms with E-state index in [1.807, 2.05) is 0 Å². The van der Waals surface area contributed by atoms with Crippen molar-refractivity contribution in [3.05, 3.63) is 34.9 Å². The number of aliphatic hydroxyl groups is 1. The second-order valence-electron chi connectivity index (χ2n) is 4.19. The summed E-state index contributed by atoms with van der Waals surface area (Å²) in [7, 11) is 0. The van der Waals surface area contributed by atoms with E-state index < -0.39 is 0 Å². The molecule has 1 aromatic carbocycles. The van der Waals surface area contributed by atoms with Crippen molar-refractivity contribution in [3.63, 3.8) is 0 Å². The molecular weight excluding hydrogens is 174 g/mol. The second kappa shape index (κ2) is 3.71. The summed E-state index contributed by atoms with van der Waals surface area (Å²) in [5.74, 6) is 0.559. The van der Waals surface area contributed by atoms with Crippen LogP contribution in [0.3, 0.4) is 0 Å². The first-order valence-corrected chi connectivity index (χ1v) is 5.20. The molecule has 0 bridgehead atoms. The molecule has 1 aromatic rings. The first kappa shape index (κ1) is 9.69. The molecule has 14 heavy (non-hydrogen) atoms. The molecular formula is C12H17NO. The maximum atomic E-state index is 9.18. The average molecular weight is 191 g/mol. The van der Waals surface area contributed by atoms with E-state index in [4.69, 9.17) is 0 Å². The van der Waals surface area contributed by atoms with Crippen LogP contribution in [0.4, 0.5) is 0 Å². The van der Waals surface area contributed by atoms with E-state index in [0.717, 1.165) is 6.54 Å². The highest BCUT2D eigenvalue weighted by atomic mass is 16.3. The van der Waals surface area contributed by atoms with Gasteiger partial charge in [0.25, 0.3) is 0 Å². The highest BCUT2D eigenvalue weighted by Crippen LogP contribution is 2.31. The van der Waals surface area contributed by atoms with Gasteiger partial charge in [-0.05, 0) is 22.6 Å². The molecule has 0 amide bonds. The van der Waals surface area contributed by atoms with Gasteiger partial charge in [-0.15, -0.1) is 0 Å². The van der Waals surface area contributed by atoms with Crippen LogP contribution in [0.5, 0.6) is 0 Å². The molecule has 1 unspecified atom stereocenters.